The van der Waals surface area contributed by atoms with E-state index in [1.54, 1.807) is 4.68 Å². The van der Waals surface area contributed by atoms with Crippen molar-refractivity contribution in [2.45, 2.75) is 57.5 Å². The van der Waals surface area contributed by atoms with Gasteiger partial charge in [0.25, 0.3) is 5.91 Å². The maximum absolute atomic E-state index is 13.5. The van der Waals surface area contributed by atoms with E-state index in [0.29, 0.717) is 41.9 Å². The average molecular weight is 576 g/mol. The quantitative estimate of drug-likeness (QED) is 0.380. The normalized spacial score (nSPS) is 18.9. The van der Waals surface area contributed by atoms with E-state index < -0.39 is 21.5 Å². The van der Waals surface area contributed by atoms with Crippen LogP contribution in [0.25, 0.3) is 0 Å². The number of fused-ring (bicyclic) bond motifs is 1. The summed E-state index contributed by atoms with van der Waals surface area (Å²) in [5.41, 5.74) is 5.80. The number of carbonyl (C=O) groups excluding carboxylic acids is 2. The van der Waals surface area contributed by atoms with E-state index in [9.17, 15) is 18.0 Å². The van der Waals surface area contributed by atoms with Crippen LogP contribution in [0.5, 0.6) is 0 Å². The number of benzene rings is 2. The number of aromatic nitrogens is 2. The first-order chi connectivity index (χ1) is 19.7. The molecular formula is C31H37N5O4S. The Hall–Kier alpha value is -3.66. The second kappa shape index (κ2) is 11.0. The summed E-state index contributed by atoms with van der Waals surface area (Å²) in [4.78, 5) is 28.4. The lowest BCUT2D eigenvalue weighted by Gasteiger charge is -2.42. The Kier molecular flexibility index (Phi) is 7.36. The molecule has 3 aromatic rings. The van der Waals surface area contributed by atoms with Crippen LogP contribution in [-0.2, 0) is 34.0 Å². The van der Waals surface area contributed by atoms with Gasteiger partial charge in [0, 0.05) is 43.9 Å². The van der Waals surface area contributed by atoms with Gasteiger partial charge >= 0.3 is 0 Å². The van der Waals surface area contributed by atoms with E-state index in [-0.39, 0.29) is 11.9 Å². The van der Waals surface area contributed by atoms with Crippen molar-refractivity contribution in [1.29, 1.82) is 0 Å². The molecule has 1 aliphatic carbocycles. The Balaban J connectivity index is 1.22. The molecule has 0 spiro atoms. The highest BCUT2D eigenvalue weighted by atomic mass is 32.2. The maximum Gasteiger partial charge on any atom is 0.257 e. The monoisotopic (exact) mass is 575 g/mol. The molecule has 3 heterocycles. The van der Waals surface area contributed by atoms with E-state index >= 15 is 0 Å². The van der Waals surface area contributed by atoms with E-state index in [2.05, 4.69) is 64.9 Å². The molecule has 10 heteroatoms. The summed E-state index contributed by atoms with van der Waals surface area (Å²) in [6.07, 6.45) is 5.62. The molecule has 9 nitrogen and oxygen atoms in total. The summed E-state index contributed by atoms with van der Waals surface area (Å²) in [6, 6.07) is 16.9. The first-order valence-electron chi connectivity index (χ1n) is 14.5. The zero-order chi connectivity index (χ0) is 28.7. The summed E-state index contributed by atoms with van der Waals surface area (Å²) in [5.74, 6) is -0.140. The first kappa shape index (κ1) is 27.5. The highest BCUT2D eigenvalue weighted by molar-refractivity contribution is 7.91. The van der Waals surface area contributed by atoms with Gasteiger partial charge < -0.3 is 15.5 Å². The third-order valence-corrected chi connectivity index (χ3v) is 9.24. The van der Waals surface area contributed by atoms with Gasteiger partial charge in [0.2, 0.25) is 5.91 Å². The highest BCUT2D eigenvalue weighted by Gasteiger charge is 2.35. The molecule has 216 valence electrons. The van der Waals surface area contributed by atoms with Gasteiger partial charge in [-0.15, -0.1) is 0 Å². The van der Waals surface area contributed by atoms with Crippen LogP contribution >= 0.6 is 0 Å². The van der Waals surface area contributed by atoms with Crippen molar-refractivity contribution >= 4 is 33.2 Å². The number of nitrogens with one attached hydrogen (secondary N) is 2. The van der Waals surface area contributed by atoms with Crippen molar-refractivity contribution in [3.8, 4) is 0 Å². The Morgan fingerprint density at radius 1 is 1.12 bits per heavy atom. The van der Waals surface area contributed by atoms with E-state index in [4.69, 9.17) is 5.10 Å². The summed E-state index contributed by atoms with van der Waals surface area (Å²) < 4.78 is 25.1. The van der Waals surface area contributed by atoms with E-state index in [1.165, 1.54) is 29.7 Å². The van der Waals surface area contributed by atoms with Gasteiger partial charge in [0.05, 0.1) is 11.7 Å². The fourth-order valence-electron chi connectivity index (χ4n) is 6.02. The van der Waals surface area contributed by atoms with Crippen LogP contribution in [0.15, 0.2) is 48.5 Å². The molecule has 2 aliphatic heterocycles. The lowest BCUT2D eigenvalue weighted by molar-refractivity contribution is -0.113. The molecule has 2 amide bonds. The second-order valence-corrected chi connectivity index (χ2v) is 13.9. The highest BCUT2D eigenvalue weighted by Crippen LogP contribution is 2.37. The Morgan fingerprint density at radius 2 is 1.88 bits per heavy atom. The summed E-state index contributed by atoms with van der Waals surface area (Å²) in [6.45, 7) is 4.67. The number of aryl methyl sites for hydroxylation is 2. The lowest BCUT2D eigenvalue weighted by atomic mass is 9.88. The van der Waals surface area contributed by atoms with Crippen LogP contribution in [0.2, 0.25) is 0 Å². The molecule has 1 atom stereocenters. The van der Waals surface area contributed by atoms with Crippen LogP contribution < -0.4 is 15.5 Å². The Morgan fingerprint density at radius 3 is 2.56 bits per heavy atom. The molecule has 6 rings (SSSR count). The van der Waals surface area contributed by atoms with Crippen molar-refractivity contribution in [3.63, 3.8) is 0 Å². The molecule has 1 saturated carbocycles. The van der Waals surface area contributed by atoms with Gasteiger partial charge in [-0.2, -0.15) is 5.10 Å². The van der Waals surface area contributed by atoms with Crippen LogP contribution in [0.3, 0.4) is 0 Å². The molecule has 1 saturated heterocycles. The predicted octanol–water partition coefficient (Wildman–Crippen LogP) is 3.86. The third kappa shape index (κ3) is 6.02. The van der Waals surface area contributed by atoms with Crippen LogP contribution in [0.4, 0.5) is 11.5 Å². The van der Waals surface area contributed by atoms with Crippen LogP contribution in [0, 0.1) is 5.92 Å². The molecule has 0 radical (unpaired) electrons. The maximum atomic E-state index is 13.5. The minimum Gasteiger partial charge on any atom is -0.370 e. The zero-order valence-corrected chi connectivity index (χ0v) is 24.4. The topological polar surface area (TPSA) is 113 Å². The number of hydrogen-bond donors (Lipinski definition) is 2. The SMILES string of the molecule is CCc1cc(N2CC(c3ccccc3)C2)ccc1[C@H]1Cc2nn(CCC3CC3)c(NC(=O)CS(C)(=O)=O)c2C(=O)N1. The number of sulfone groups is 1. The number of rotatable bonds is 10. The van der Waals surface area contributed by atoms with Crippen molar-refractivity contribution < 1.29 is 18.0 Å². The fourth-order valence-corrected chi connectivity index (χ4v) is 6.57. The summed E-state index contributed by atoms with van der Waals surface area (Å²) in [7, 11) is -3.51. The Labute approximate surface area is 241 Å². The van der Waals surface area contributed by atoms with Gasteiger partial charge in [-0.25, -0.2) is 13.1 Å². The number of anilines is 2. The van der Waals surface area contributed by atoms with E-state index in [1.807, 2.05) is 6.07 Å². The first-order valence-corrected chi connectivity index (χ1v) is 16.6. The molecule has 3 aliphatic rings. The molecule has 2 fully saturated rings. The van der Waals surface area contributed by atoms with Gasteiger partial charge in [0.15, 0.2) is 9.84 Å². The average Bonchev–Trinajstić information content (AvgIpc) is 3.67. The standard InChI is InChI=1S/C31H37N5O4S/c1-3-21-15-24(35-17-23(18-35)22-7-5-4-6-8-22)11-12-25(21)26-16-27-29(31(38)32-26)30(33-28(37)19-41(2,39)40)36(34-27)14-13-20-9-10-20/h4-8,11-12,15,20,23,26H,3,9-10,13-14,16-19H2,1-2H3,(H,32,38)(H,33,37)/t26-/m1/s1. The third-order valence-electron chi connectivity index (χ3n) is 8.45. The summed E-state index contributed by atoms with van der Waals surface area (Å²) >= 11 is 0. The van der Waals surface area contributed by atoms with Gasteiger partial charge in [-0.1, -0.05) is 56.2 Å². The molecule has 41 heavy (non-hydrogen) atoms. The van der Waals surface area contributed by atoms with Crippen LogP contribution in [0.1, 0.15) is 70.9 Å². The fraction of sp³-hybridized carbons (Fsp3) is 0.452. The minimum atomic E-state index is -3.51. The number of carbonyl (C=O) groups is 2. The molecule has 0 unspecified atom stereocenters. The molecule has 2 aromatic carbocycles. The number of nitrogens with zero attached hydrogens (tertiary/aromatic N) is 3. The lowest BCUT2D eigenvalue weighted by Crippen LogP contribution is -2.45. The zero-order valence-electron chi connectivity index (χ0n) is 23.6. The van der Waals surface area contributed by atoms with Crippen LogP contribution in [-0.4, -0.2) is 55.1 Å². The smallest absolute Gasteiger partial charge is 0.257 e. The molecular weight excluding hydrogens is 538 g/mol. The minimum absolute atomic E-state index is 0.237. The van der Waals surface area contributed by atoms with Crippen molar-refractivity contribution in [3.05, 3.63) is 76.5 Å². The second-order valence-electron chi connectivity index (χ2n) is 11.7. The number of hydrogen-bond acceptors (Lipinski definition) is 6. The van der Waals surface area contributed by atoms with Crippen molar-refractivity contribution in [2.24, 2.45) is 5.92 Å². The predicted molar refractivity (Wildman–Crippen MR) is 159 cm³/mol. The summed E-state index contributed by atoms with van der Waals surface area (Å²) in [5, 5.41) is 10.6. The van der Waals surface area contributed by atoms with Crippen molar-refractivity contribution in [2.75, 3.05) is 35.3 Å². The van der Waals surface area contributed by atoms with Gasteiger partial charge in [-0.05, 0) is 47.6 Å². The molecule has 1 aromatic heterocycles. The van der Waals surface area contributed by atoms with E-state index in [0.717, 1.165) is 37.8 Å². The molecule has 0 bridgehead atoms. The Bertz CT molecular complexity index is 1570. The number of amides is 2. The molecule has 2 N–H and O–H groups in total. The largest absolute Gasteiger partial charge is 0.370 e. The van der Waals surface area contributed by atoms with Gasteiger partial charge in [0.1, 0.15) is 17.1 Å². The van der Waals surface area contributed by atoms with Crippen molar-refractivity contribution in [1.82, 2.24) is 15.1 Å². The van der Waals surface area contributed by atoms with Gasteiger partial charge in [-0.3, -0.25) is 9.59 Å².